The SMILES string of the molecule is Cn1cnnc1CCNC1(CC(=O)O)CNC1. The van der Waals surface area contributed by atoms with Crippen LogP contribution in [0.15, 0.2) is 6.33 Å². The zero-order valence-electron chi connectivity index (χ0n) is 9.81. The number of carbonyl (C=O) groups is 1. The van der Waals surface area contributed by atoms with Gasteiger partial charge in [-0.05, 0) is 0 Å². The lowest BCUT2D eigenvalue weighted by molar-refractivity contribution is -0.139. The fraction of sp³-hybridized carbons (Fsp3) is 0.700. The number of rotatable bonds is 6. The quantitative estimate of drug-likeness (QED) is 0.575. The minimum Gasteiger partial charge on any atom is -0.481 e. The van der Waals surface area contributed by atoms with E-state index in [4.69, 9.17) is 5.11 Å². The molecule has 0 amide bonds. The van der Waals surface area contributed by atoms with Crippen LogP contribution < -0.4 is 10.6 Å². The molecule has 0 aromatic carbocycles. The maximum absolute atomic E-state index is 10.8. The van der Waals surface area contributed by atoms with Gasteiger partial charge in [-0.2, -0.15) is 0 Å². The molecule has 0 radical (unpaired) electrons. The van der Waals surface area contributed by atoms with Crippen LogP contribution in [0.2, 0.25) is 0 Å². The van der Waals surface area contributed by atoms with Gasteiger partial charge in [0, 0.05) is 33.1 Å². The van der Waals surface area contributed by atoms with E-state index in [1.165, 1.54) is 0 Å². The third-order valence-electron chi connectivity index (χ3n) is 3.07. The summed E-state index contributed by atoms with van der Waals surface area (Å²) >= 11 is 0. The van der Waals surface area contributed by atoms with E-state index >= 15 is 0 Å². The Bertz CT molecular complexity index is 399. The second kappa shape index (κ2) is 4.80. The maximum atomic E-state index is 10.8. The molecule has 0 bridgehead atoms. The maximum Gasteiger partial charge on any atom is 0.305 e. The molecule has 1 aromatic rings. The van der Waals surface area contributed by atoms with Crippen molar-refractivity contribution in [1.82, 2.24) is 25.4 Å². The van der Waals surface area contributed by atoms with Gasteiger partial charge >= 0.3 is 5.97 Å². The smallest absolute Gasteiger partial charge is 0.305 e. The van der Waals surface area contributed by atoms with E-state index in [1.54, 1.807) is 6.33 Å². The molecular formula is C10H17N5O2. The predicted molar refractivity (Wildman–Crippen MR) is 60.6 cm³/mol. The number of nitrogens with one attached hydrogen (secondary N) is 2. The average molecular weight is 239 g/mol. The van der Waals surface area contributed by atoms with E-state index in [2.05, 4.69) is 20.8 Å². The third-order valence-corrected chi connectivity index (χ3v) is 3.07. The molecule has 1 aliphatic heterocycles. The summed E-state index contributed by atoms with van der Waals surface area (Å²) in [5, 5.41) is 23.0. The summed E-state index contributed by atoms with van der Waals surface area (Å²) in [7, 11) is 1.90. The standard InChI is InChI=1S/C10H17N5O2/c1-15-7-13-14-8(15)2-3-12-10(4-9(16)17)5-11-6-10/h7,11-12H,2-6H2,1H3,(H,16,17). The molecule has 3 N–H and O–H groups in total. The molecule has 0 spiro atoms. The first-order valence-electron chi connectivity index (χ1n) is 5.62. The van der Waals surface area contributed by atoms with Gasteiger partial charge in [-0.1, -0.05) is 0 Å². The number of carboxylic acid groups (broad SMARTS) is 1. The van der Waals surface area contributed by atoms with Gasteiger partial charge in [0.2, 0.25) is 0 Å². The summed E-state index contributed by atoms with van der Waals surface area (Å²) < 4.78 is 1.87. The van der Waals surface area contributed by atoms with Gasteiger partial charge in [-0.25, -0.2) is 0 Å². The van der Waals surface area contributed by atoms with Crippen molar-refractivity contribution in [3.8, 4) is 0 Å². The van der Waals surface area contributed by atoms with Gasteiger partial charge in [0.1, 0.15) is 12.2 Å². The summed E-state index contributed by atoms with van der Waals surface area (Å²) in [5.41, 5.74) is -0.287. The van der Waals surface area contributed by atoms with E-state index in [0.29, 0.717) is 19.6 Å². The molecule has 1 aliphatic rings. The van der Waals surface area contributed by atoms with Crippen LogP contribution in [0.3, 0.4) is 0 Å². The third kappa shape index (κ3) is 2.80. The molecule has 17 heavy (non-hydrogen) atoms. The molecule has 94 valence electrons. The van der Waals surface area contributed by atoms with Crippen LogP contribution in [0, 0.1) is 0 Å². The average Bonchev–Trinajstić information content (AvgIpc) is 2.60. The topological polar surface area (TPSA) is 92.1 Å². The first-order chi connectivity index (χ1) is 8.11. The zero-order valence-corrected chi connectivity index (χ0v) is 9.81. The monoisotopic (exact) mass is 239 g/mol. The summed E-state index contributed by atoms with van der Waals surface area (Å²) in [6, 6.07) is 0. The Morgan fingerprint density at radius 3 is 2.94 bits per heavy atom. The minimum absolute atomic E-state index is 0.152. The fourth-order valence-electron chi connectivity index (χ4n) is 2.00. The molecule has 1 fully saturated rings. The van der Waals surface area contributed by atoms with Gasteiger partial charge in [-0.15, -0.1) is 10.2 Å². The molecule has 0 atom stereocenters. The number of hydrogen-bond acceptors (Lipinski definition) is 5. The Morgan fingerprint density at radius 2 is 2.47 bits per heavy atom. The van der Waals surface area contributed by atoms with Crippen molar-refractivity contribution < 1.29 is 9.90 Å². The lowest BCUT2D eigenvalue weighted by Gasteiger charge is -2.42. The highest BCUT2D eigenvalue weighted by Crippen LogP contribution is 2.15. The highest BCUT2D eigenvalue weighted by molar-refractivity contribution is 5.68. The van der Waals surface area contributed by atoms with Crippen molar-refractivity contribution >= 4 is 5.97 Å². The van der Waals surface area contributed by atoms with E-state index in [0.717, 1.165) is 12.2 Å². The van der Waals surface area contributed by atoms with Crippen LogP contribution in [0.25, 0.3) is 0 Å². The van der Waals surface area contributed by atoms with Gasteiger partial charge in [0.25, 0.3) is 0 Å². The van der Waals surface area contributed by atoms with Gasteiger partial charge in [0.15, 0.2) is 0 Å². The second-order valence-corrected chi connectivity index (χ2v) is 4.49. The second-order valence-electron chi connectivity index (χ2n) is 4.49. The molecule has 2 heterocycles. The largest absolute Gasteiger partial charge is 0.481 e. The Labute approximate surface area is 99.2 Å². The molecule has 7 heteroatoms. The van der Waals surface area contributed by atoms with Crippen LogP contribution >= 0.6 is 0 Å². The van der Waals surface area contributed by atoms with Crippen molar-refractivity contribution in [2.24, 2.45) is 7.05 Å². The van der Waals surface area contributed by atoms with Crippen molar-refractivity contribution in [3.63, 3.8) is 0 Å². The Hall–Kier alpha value is -1.47. The number of nitrogens with zero attached hydrogens (tertiary/aromatic N) is 3. The number of aliphatic carboxylic acids is 1. The Morgan fingerprint density at radius 1 is 1.71 bits per heavy atom. The summed E-state index contributed by atoms with van der Waals surface area (Å²) in [5.74, 6) is 0.132. The van der Waals surface area contributed by atoms with E-state index in [-0.39, 0.29) is 12.0 Å². The lowest BCUT2D eigenvalue weighted by Crippen LogP contribution is -2.68. The van der Waals surface area contributed by atoms with E-state index < -0.39 is 5.97 Å². The van der Waals surface area contributed by atoms with Crippen LogP contribution in [-0.4, -0.2) is 51.0 Å². The highest BCUT2D eigenvalue weighted by atomic mass is 16.4. The van der Waals surface area contributed by atoms with Crippen LogP contribution in [0.4, 0.5) is 0 Å². The highest BCUT2D eigenvalue weighted by Gasteiger charge is 2.38. The first kappa shape index (κ1) is 12.0. The van der Waals surface area contributed by atoms with Crippen LogP contribution in [0.5, 0.6) is 0 Å². The summed E-state index contributed by atoms with van der Waals surface area (Å²) in [6.07, 6.45) is 2.56. The summed E-state index contributed by atoms with van der Waals surface area (Å²) in [4.78, 5) is 10.8. The number of aromatic nitrogens is 3. The minimum atomic E-state index is -0.766. The molecule has 0 unspecified atom stereocenters. The molecule has 1 aromatic heterocycles. The van der Waals surface area contributed by atoms with Gasteiger partial charge in [-0.3, -0.25) is 4.79 Å². The van der Waals surface area contributed by atoms with Crippen LogP contribution in [0.1, 0.15) is 12.2 Å². The normalized spacial score (nSPS) is 17.7. The van der Waals surface area contributed by atoms with Crippen molar-refractivity contribution in [2.45, 2.75) is 18.4 Å². The molecule has 7 nitrogen and oxygen atoms in total. The molecule has 2 rings (SSSR count). The predicted octanol–water partition coefficient (Wildman–Crippen LogP) is -1.24. The number of hydrogen-bond donors (Lipinski definition) is 3. The lowest BCUT2D eigenvalue weighted by atomic mass is 9.88. The van der Waals surface area contributed by atoms with Crippen molar-refractivity contribution in [1.29, 1.82) is 0 Å². The Balaban J connectivity index is 1.81. The Kier molecular flexibility index (Phi) is 3.39. The van der Waals surface area contributed by atoms with Gasteiger partial charge in [0.05, 0.1) is 12.0 Å². The van der Waals surface area contributed by atoms with E-state index in [1.807, 2.05) is 11.6 Å². The molecular weight excluding hydrogens is 222 g/mol. The van der Waals surface area contributed by atoms with E-state index in [9.17, 15) is 4.79 Å². The zero-order chi connectivity index (χ0) is 12.3. The number of aryl methyl sites for hydroxylation is 1. The van der Waals surface area contributed by atoms with Gasteiger partial charge < -0.3 is 20.3 Å². The van der Waals surface area contributed by atoms with Crippen molar-refractivity contribution in [2.75, 3.05) is 19.6 Å². The fourth-order valence-corrected chi connectivity index (χ4v) is 2.00. The first-order valence-corrected chi connectivity index (χ1v) is 5.62. The molecule has 0 saturated carbocycles. The molecule has 1 saturated heterocycles. The van der Waals surface area contributed by atoms with Crippen molar-refractivity contribution in [3.05, 3.63) is 12.2 Å². The number of carboxylic acids is 1. The summed E-state index contributed by atoms with van der Waals surface area (Å²) in [6.45, 7) is 2.12. The molecule has 0 aliphatic carbocycles. The van der Waals surface area contributed by atoms with Crippen LogP contribution in [-0.2, 0) is 18.3 Å².